The lowest BCUT2D eigenvalue weighted by molar-refractivity contribution is -0.0399. The van der Waals surface area contributed by atoms with Crippen LogP contribution in [0.2, 0.25) is 0 Å². The van der Waals surface area contributed by atoms with E-state index in [-0.39, 0.29) is 5.41 Å². The van der Waals surface area contributed by atoms with Crippen molar-refractivity contribution in [2.75, 3.05) is 4.90 Å². The van der Waals surface area contributed by atoms with Crippen LogP contribution in [0.15, 0.2) is 164 Å². The average Bonchev–Trinajstić information content (AvgIpc) is 3.50. The van der Waals surface area contributed by atoms with Gasteiger partial charge in [-0.05, 0) is 164 Å². The van der Waals surface area contributed by atoms with Crippen LogP contribution in [0.25, 0.3) is 54.6 Å². The molecule has 1 nitrogen and oxygen atoms in total. The Morgan fingerprint density at radius 2 is 0.943 bits per heavy atom. The lowest BCUT2D eigenvalue weighted by Gasteiger charge is -2.61. The molecule has 53 heavy (non-hydrogen) atoms. The Kier molecular flexibility index (Phi) is 6.30. The van der Waals surface area contributed by atoms with Gasteiger partial charge in [-0.15, -0.1) is 0 Å². The number of nitrogens with zero attached hydrogens (tertiary/aromatic N) is 1. The molecule has 0 aliphatic heterocycles. The number of anilines is 3. The highest BCUT2D eigenvalue weighted by molar-refractivity contribution is 6.08. The maximum absolute atomic E-state index is 2.54. The fourth-order valence-electron chi connectivity index (χ4n) is 12.0. The molecule has 5 aliphatic carbocycles. The first-order valence-corrected chi connectivity index (χ1v) is 19.8. The van der Waals surface area contributed by atoms with E-state index < -0.39 is 0 Å². The predicted molar refractivity (Wildman–Crippen MR) is 222 cm³/mol. The molecule has 4 bridgehead atoms. The van der Waals surface area contributed by atoms with Crippen molar-refractivity contribution in [2.45, 2.75) is 37.5 Å². The van der Waals surface area contributed by atoms with Gasteiger partial charge in [-0.2, -0.15) is 0 Å². The average molecular weight is 680 g/mol. The molecule has 254 valence electrons. The molecular weight excluding hydrogens is 639 g/mol. The van der Waals surface area contributed by atoms with E-state index in [1.54, 1.807) is 11.1 Å². The zero-order valence-corrected chi connectivity index (χ0v) is 29.9. The van der Waals surface area contributed by atoms with Crippen molar-refractivity contribution in [3.8, 4) is 22.3 Å². The summed E-state index contributed by atoms with van der Waals surface area (Å²) in [5.74, 6) is 3.50. The van der Waals surface area contributed by atoms with Gasteiger partial charge in [-0.1, -0.05) is 121 Å². The number of hydrogen-bond donors (Lipinski definition) is 0. The lowest BCUT2D eigenvalue weighted by atomic mass is 9.43. The van der Waals surface area contributed by atoms with Crippen molar-refractivity contribution >= 4 is 49.4 Å². The molecule has 0 heterocycles. The molecule has 4 saturated carbocycles. The largest absolute Gasteiger partial charge is 0.310 e. The Morgan fingerprint density at radius 1 is 0.377 bits per heavy atom. The van der Waals surface area contributed by atoms with Gasteiger partial charge in [0.15, 0.2) is 0 Å². The van der Waals surface area contributed by atoms with Gasteiger partial charge in [0, 0.05) is 22.5 Å². The third kappa shape index (κ3) is 4.31. The smallest absolute Gasteiger partial charge is 0.0468 e. The minimum atomic E-state index is 0.217. The first kappa shape index (κ1) is 29.9. The molecule has 8 aromatic carbocycles. The van der Waals surface area contributed by atoms with Gasteiger partial charge < -0.3 is 4.90 Å². The monoisotopic (exact) mass is 679 g/mol. The molecule has 4 fully saturated rings. The Hall–Kier alpha value is -5.66. The van der Waals surface area contributed by atoms with Crippen LogP contribution in [0.4, 0.5) is 17.1 Å². The quantitative estimate of drug-likeness (QED) is 0.167. The van der Waals surface area contributed by atoms with Crippen molar-refractivity contribution in [1.82, 2.24) is 0 Å². The van der Waals surface area contributed by atoms with Crippen LogP contribution in [0.3, 0.4) is 0 Å². The minimum Gasteiger partial charge on any atom is -0.310 e. The van der Waals surface area contributed by atoms with Crippen LogP contribution in [-0.2, 0) is 5.41 Å². The zero-order chi connectivity index (χ0) is 34.7. The molecule has 1 heteroatoms. The first-order valence-electron chi connectivity index (χ1n) is 19.8. The van der Waals surface area contributed by atoms with E-state index in [1.807, 2.05) is 0 Å². The lowest BCUT2D eigenvalue weighted by Crippen LogP contribution is -2.55. The Bertz CT molecular complexity index is 2730. The third-order valence-electron chi connectivity index (χ3n) is 14.0. The second-order valence-electron chi connectivity index (χ2n) is 16.6. The Balaban J connectivity index is 0.960. The fourth-order valence-corrected chi connectivity index (χ4v) is 12.0. The molecule has 8 aromatic rings. The highest BCUT2D eigenvalue weighted by Crippen LogP contribution is 2.69. The molecule has 0 amide bonds. The SMILES string of the molecule is c1ccc2c(c1)-c1cc(-c3ccc(N(c4ccc5ccccc5c4)c4ccc5c(ccc6ccccc65)c4)cc3)ccc1C21C2CC3CC(C2)CC1C3. The summed E-state index contributed by atoms with van der Waals surface area (Å²) in [5, 5.41) is 7.61. The van der Waals surface area contributed by atoms with Crippen LogP contribution in [0.1, 0.15) is 43.2 Å². The van der Waals surface area contributed by atoms with E-state index in [2.05, 4.69) is 169 Å². The van der Waals surface area contributed by atoms with Crippen LogP contribution in [-0.4, -0.2) is 0 Å². The normalized spacial score (nSPS) is 23.5. The van der Waals surface area contributed by atoms with Crippen LogP contribution >= 0.6 is 0 Å². The highest BCUT2D eigenvalue weighted by Gasteiger charge is 2.61. The van der Waals surface area contributed by atoms with Crippen molar-refractivity contribution in [1.29, 1.82) is 0 Å². The highest BCUT2D eigenvalue weighted by atomic mass is 15.1. The van der Waals surface area contributed by atoms with Crippen LogP contribution in [0.5, 0.6) is 0 Å². The maximum Gasteiger partial charge on any atom is 0.0468 e. The zero-order valence-electron chi connectivity index (χ0n) is 29.9. The molecule has 0 N–H and O–H groups in total. The third-order valence-corrected chi connectivity index (χ3v) is 14.0. The van der Waals surface area contributed by atoms with Crippen molar-refractivity contribution in [3.05, 3.63) is 175 Å². The molecule has 13 rings (SSSR count). The van der Waals surface area contributed by atoms with Crippen LogP contribution < -0.4 is 4.90 Å². The predicted octanol–water partition coefficient (Wildman–Crippen LogP) is 14.0. The molecule has 0 atom stereocenters. The van der Waals surface area contributed by atoms with Crippen molar-refractivity contribution in [3.63, 3.8) is 0 Å². The summed E-state index contributed by atoms with van der Waals surface area (Å²) in [4.78, 5) is 2.42. The first-order chi connectivity index (χ1) is 26.2. The van der Waals surface area contributed by atoms with Crippen molar-refractivity contribution < 1.29 is 0 Å². The van der Waals surface area contributed by atoms with E-state index in [0.29, 0.717) is 0 Å². The Morgan fingerprint density at radius 3 is 1.75 bits per heavy atom. The molecule has 0 saturated heterocycles. The van der Waals surface area contributed by atoms with Gasteiger partial charge in [-0.25, -0.2) is 0 Å². The summed E-state index contributed by atoms with van der Waals surface area (Å²) >= 11 is 0. The minimum absolute atomic E-state index is 0.217. The summed E-state index contributed by atoms with van der Waals surface area (Å²) < 4.78 is 0. The van der Waals surface area contributed by atoms with Crippen molar-refractivity contribution in [2.24, 2.45) is 23.7 Å². The number of fused-ring (bicyclic) bond motifs is 7. The van der Waals surface area contributed by atoms with Crippen LogP contribution in [0, 0.1) is 23.7 Å². The summed E-state index contributed by atoms with van der Waals surface area (Å²) in [6.45, 7) is 0. The van der Waals surface area contributed by atoms with Gasteiger partial charge >= 0.3 is 0 Å². The molecular formula is C52H41N. The van der Waals surface area contributed by atoms with Gasteiger partial charge in [0.05, 0.1) is 0 Å². The number of hydrogen-bond acceptors (Lipinski definition) is 1. The van der Waals surface area contributed by atoms with Gasteiger partial charge in [0.25, 0.3) is 0 Å². The summed E-state index contributed by atoms with van der Waals surface area (Å²) in [5.41, 5.74) is 12.5. The van der Waals surface area contributed by atoms with E-state index in [0.717, 1.165) is 40.7 Å². The summed E-state index contributed by atoms with van der Waals surface area (Å²) in [6.07, 6.45) is 7.18. The van der Waals surface area contributed by atoms with E-state index in [1.165, 1.54) is 86.7 Å². The molecule has 0 unspecified atom stereocenters. The van der Waals surface area contributed by atoms with E-state index in [9.17, 15) is 0 Å². The fraction of sp³-hybridized carbons (Fsp3) is 0.192. The molecule has 0 radical (unpaired) electrons. The molecule has 1 spiro atoms. The van der Waals surface area contributed by atoms with Gasteiger partial charge in [0.2, 0.25) is 0 Å². The number of benzene rings is 8. The maximum atomic E-state index is 2.54. The standard InChI is InChI=1S/C52H41N/c1-2-9-38-30-44(21-17-35(38)7-1)53(45-22-23-47-40(31-45)14-13-37-8-3-4-10-46(37)47)43-19-15-36(16-20-43)39-18-24-51-49(32-39)48-11-5-6-12-50(48)52(51)41-26-33-25-34(28-41)29-42(52)27-33/h1-24,30-34,41-42H,25-29H2. The van der Waals surface area contributed by atoms with Gasteiger partial charge in [-0.3, -0.25) is 0 Å². The van der Waals surface area contributed by atoms with E-state index >= 15 is 0 Å². The van der Waals surface area contributed by atoms with Gasteiger partial charge in [0.1, 0.15) is 0 Å². The summed E-state index contributed by atoms with van der Waals surface area (Å²) in [6, 6.07) is 61.9. The number of rotatable bonds is 4. The van der Waals surface area contributed by atoms with E-state index in [4.69, 9.17) is 0 Å². The molecule has 0 aromatic heterocycles. The topological polar surface area (TPSA) is 3.24 Å². The Labute approximate surface area is 311 Å². The molecule has 5 aliphatic rings. The summed E-state index contributed by atoms with van der Waals surface area (Å²) in [7, 11) is 0. The second-order valence-corrected chi connectivity index (χ2v) is 16.6. The second kappa shape index (κ2) is 11.2.